The highest BCUT2D eigenvalue weighted by Crippen LogP contribution is 2.09. The maximum Gasteiger partial charge on any atom is 0.217 e. The van der Waals surface area contributed by atoms with Crippen LogP contribution in [-0.4, -0.2) is 17.4 Å². The minimum absolute atomic E-state index is 0.250. The third kappa shape index (κ3) is 5.22. The highest BCUT2D eigenvalue weighted by molar-refractivity contribution is 6.30. The molecule has 0 radical (unpaired) electrons. The number of hydrogen-bond acceptors (Lipinski definition) is 3. The molecule has 1 aromatic rings. The maximum atomic E-state index is 10.4. The summed E-state index contributed by atoms with van der Waals surface area (Å²) in [6.45, 7) is 0.780. The van der Waals surface area contributed by atoms with Crippen LogP contribution in [-0.2, 0) is 4.79 Å². The van der Waals surface area contributed by atoms with Gasteiger partial charge in [0.1, 0.15) is 5.82 Å². The molecule has 0 fully saturated rings. The fraction of sp³-hybridized carbons (Fsp3) is 0.400. The molecular formula is C10H14ClN3O. The van der Waals surface area contributed by atoms with E-state index in [2.05, 4.69) is 10.3 Å². The normalized spacial score (nSPS) is 9.93. The largest absolute Gasteiger partial charge is 0.370 e. The Morgan fingerprint density at radius 2 is 2.27 bits per heavy atom. The molecule has 0 saturated heterocycles. The number of carbonyl (C=O) groups excluding carboxylic acids is 1. The van der Waals surface area contributed by atoms with Crippen molar-refractivity contribution in [3.05, 3.63) is 23.4 Å². The van der Waals surface area contributed by atoms with Gasteiger partial charge in [-0.05, 0) is 25.0 Å². The molecular weight excluding hydrogens is 214 g/mol. The van der Waals surface area contributed by atoms with Crippen LogP contribution in [0.2, 0.25) is 5.02 Å². The predicted octanol–water partition coefficient (Wildman–Crippen LogP) is 1.80. The van der Waals surface area contributed by atoms with Crippen molar-refractivity contribution in [2.45, 2.75) is 19.3 Å². The number of nitrogens with one attached hydrogen (secondary N) is 1. The zero-order chi connectivity index (χ0) is 11.1. The summed E-state index contributed by atoms with van der Waals surface area (Å²) in [7, 11) is 0. The number of nitrogens with zero attached hydrogens (tertiary/aromatic N) is 1. The summed E-state index contributed by atoms with van der Waals surface area (Å²) in [5, 5.41) is 3.74. The van der Waals surface area contributed by atoms with Crippen LogP contribution in [0.1, 0.15) is 19.3 Å². The van der Waals surface area contributed by atoms with Gasteiger partial charge in [-0.1, -0.05) is 11.6 Å². The number of pyridine rings is 1. The molecule has 1 amide bonds. The van der Waals surface area contributed by atoms with Crippen molar-refractivity contribution in [2.75, 3.05) is 11.9 Å². The van der Waals surface area contributed by atoms with E-state index in [1.807, 2.05) is 6.07 Å². The van der Waals surface area contributed by atoms with Crippen LogP contribution in [0.15, 0.2) is 18.3 Å². The summed E-state index contributed by atoms with van der Waals surface area (Å²) in [5.74, 6) is 0.540. The Hall–Kier alpha value is -1.29. The zero-order valence-corrected chi connectivity index (χ0v) is 9.13. The molecule has 0 aliphatic rings. The maximum absolute atomic E-state index is 10.4. The molecule has 1 aromatic heterocycles. The van der Waals surface area contributed by atoms with Gasteiger partial charge in [0.25, 0.3) is 0 Å². The second kappa shape index (κ2) is 6.24. The number of anilines is 1. The number of unbranched alkanes of at least 4 members (excludes halogenated alkanes) is 1. The lowest BCUT2D eigenvalue weighted by Crippen LogP contribution is -2.11. The zero-order valence-electron chi connectivity index (χ0n) is 8.37. The van der Waals surface area contributed by atoms with Crippen LogP contribution in [0.3, 0.4) is 0 Å². The van der Waals surface area contributed by atoms with Crippen LogP contribution in [0, 0.1) is 0 Å². The van der Waals surface area contributed by atoms with Gasteiger partial charge in [0.2, 0.25) is 5.91 Å². The van der Waals surface area contributed by atoms with E-state index in [4.69, 9.17) is 17.3 Å². The van der Waals surface area contributed by atoms with Gasteiger partial charge in [-0.3, -0.25) is 4.79 Å². The van der Waals surface area contributed by atoms with E-state index >= 15 is 0 Å². The van der Waals surface area contributed by atoms with Crippen molar-refractivity contribution in [3.63, 3.8) is 0 Å². The van der Waals surface area contributed by atoms with Crippen molar-refractivity contribution in [1.82, 2.24) is 4.98 Å². The Morgan fingerprint density at radius 3 is 2.87 bits per heavy atom. The van der Waals surface area contributed by atoms with Gasteiger partial charge in [-0.15, -0.1) is 0 Å². The van der Waals surface area contributed by atoms with Crippen molar-refractivity contribution in [1.29, 1.82) is 0 Å². The van der Waals surface area contributed by atoms with Crippen molar-refractivity contribution < 1.29 is 4.79 Å². The fourth-order valence-corrected chi connectivity index (χ4v) is 1.23. The molecule has 1 heterocycles. The molecule has 0 aliphatic heterocycles. The molecule has 0 unspecified atom stereocenters. The molecule has 5 heteroatoms. The smallest absolute Gasteiger partial charge is 0.217 e. The van der Waals surface area contributed by atoms with Crippen LogP contribution >= 0.6 is 11.6 Å². The number of aromatic nitrogens is 1. The molecule has 0 aromatic carbocycles. The first kappa shape index (κ1) is 11.8. The minimum Gasteiger partial charge on any atom is -0.370 e. The van der Waals surface area contributed by atoms with Crippen LogP contribution in [0.4, 0.5) is 5.82 Å². The molecule has 4 nitrogen and oxygen atoms in total. The minimum atomic E-state index is -0.250. The third-order valence-electron chi connectivity index (χ3n) is 1.88. The van der Waals surface area contributed by atoms with E-state index in [0.717, 1.165) is 25.2 Å². The Kier molecular flexibility index (Phi) is 4.90. The van der Waals surface area contributed by atoms with E-state index in [1.54, 1.807) is 12.3 Å². The van der Waals surface area contributed by atoms with E-state index in [0.29, 0.717) is 11.4 Å². The summed E-state index contributed by atoms with van der Waals surface area (Å²) in [4.78, 5) is 14.5. The summed E-state index contributed by atoms with van der Waals surface area (Å²) < 4.78 is 0. The van der Waals surface area contributed by atoms with Gasteiger partial charge in [-0.25, -0.2) is 4.98 Å². The lowest BCUT2D eigenvalue weighted by atomic mass is 10.2. The van der Waals surface area contributed by atoms with Gasteiger partial charge in [0.15, 0.2) is 0 Å². The molecule has 15 heavy (non-hydrogen) atoms. The van der Waals surface area contributed by atoms with Gasteiger partial charge in [0.05, 0.1) is 5.02 Å². The Morgan fingerprint density at radius 1 is 1.47 bits per heavy atom. The Labute approximate surface area is 93.8 Å². The first-order valence-electron chi connectivity index (χ1n) is 4.82. The lowest BCUT2D eigenvalue weighted by molar-refractivity contribution is -0.118. The third-order valence-corrected chi connectivity index (χ3v) is 2.11. The Balaban J connectivity index is 2.15. The molecule has 0 bridgehead atoms. The number of amides is 1. The average molecular weight is 228 g/mol. The molecule has 0 saturated carbocycles. The molecule has 0 spiro atoms. The summed E-state index contributed by atoms with van der Waals surface area (Å²) >= 11 is 5.69. The number of primary amides is 1. The molecule has 1 rings (SSSR count). The van der Waals surface area contributed by atoms with Gasteiger partial charge < -0.3 is 11.1 Å². The van der Waals surface area contributed by atoms with Crippen LogP contribution < -0.4 is 11.1 Å². The second-order valence-electron chi connectivity index (χ2n) is 3.21. The lowest BCUT2D eigenvalue weighted by Gasteiger charge is -2.04. The van der Waals surface area contributed by atoms with E-state index in [1.165, 1.54) is 0 Å². The average Bonchev–Trinajstić information content (AvgIpc) is 2.20. The van der Waals surface area contributed by atoms with Crippen LogP contribution in [0.25, 0.3) is 0 Å². The molecule has 82 valence electrons. The van der Waals surface area contributed by atoms with E-state index in [9.17, 15) is 4.79 Å². The number of nitrogens with two attached hydrogens (primary N) is 1. The topological polar surface area (TPSA) is 68.0 Å². The predicted molar refractivity (Wildman–Crippen MR) is 60.8 cm³/mol. The number of hydrogen-bond donors (Lipinski definition) is 2. The van der Waals surface area contributed by atoms with Gasteiger partial charge >= 0.3 is 0 Å². The molecule has 0 aliphatic carbocycles. The standard InChI is InChI=1S/C10H14ClN3O/c11-8-4-5-10(14-7-8)13-6-2-1-3-9(12)15/h4-5,7H,1-3,6H2,(H2,12,15)(H,13,14). The highest BCUT2D eigenvalue weighted by Gasteiger charge is 1.95. The van der Waals surface area contributed by atoms with Crippen molar-refractivity contribution in [2.24, 2.45) is 5.73 Å². The van der Waals surface area contributed by atoms with Crippen LogP contribution in [0.5, 0.6) is 0 Å². The summed E-state index contributed by atoms with van der Waals surface area (Å²) in [6.07, 6.45) is 3.73. The number of rotatable bonds is 6. The van der Waals surface area contributed by atoms with E-state index in [-0.39, 0.29) is 5.91 Å². The fourth-order valence-electron chi connectivity index (χ4n) is 1.12. The first-order valence-corrected chi connectivity index (χ1v) is 5.20. The molecule has 0 atom stereocenters. The quantitative estimate of drug-likeness (QED) is 0.729. The highest BCUT2D eigenvalue weighted by atomic mass is 35.5. The SMILES string of the molecule is NC(=O)CCCCNc1ccc(Cl)cn1. The van der Waals surface area contributed by atoms with Gasteiger partial charge in [0, 0.05) is 19.2 Å². The van der Waals surface area contributed by atoms with E-state index < -0.39 is 0 Å². The number of halogens is 1. The molecule has 3 N–H and O–H groups in total. The first-order chi connectivity index (χ1) is 7.18. The van der Waals surface area contributed by atoms with Crippen molar-refractivity contribution >= 4 is 23.3 Å². The van der Waals surface area contributed by atoms with Crippen molar-refractivity contribution in [3.8, 4) is 0 Å². The second-order valence-corrected chi connectivity index (χ2v) is 3.65. The summed E-state index contributed by atoms with van der Waals surface area (Å²) in [5.41, 5.74) is 5.02. The van der Waals surface area contributed by atoms with Gasteiger partial charge in [-0.2, -0.15) is 0 Å². The monoisotopic (exact) mass is 227 g/mol. The summed E-state index contributed by atoms with van der Waals surface area (Å²) in [6, 6.07) is 3.59. The number of carbonyl (C=O) groups is 1. The Bertz CT molecular complexity index is 313.